The fraction of sp³-hybridized carbons (Fsp3) is 0. The molecule has 0 saturated carbocycles. The molecular weight excluding hydrogens is 382 g/mol. The summed E-state index contributed by atoms with van der Waals surface area (Å²) in [5.74, 6) is 0. The van der Waals surface area contributed by atoms with Crippen LogP contribution in [0.15, 0.2) is 0 Å². The third kappa shape index (κ3) is 219. The first kappa shape index (κ1) is 24.2. The fourth-order valence-electron chi connectivity index (χ4n) is 0. The van der Waals surface area contributed by atoms with Crippen LogP contribution in [-0.2, 0) is 44.7 Å². The van der Waals surface area contributed by atoms with Gasteiger partial charge in [0.2, 0.25) is 0 Å². The van der Waals surface area contributed by atoms with E-state index in [2.05, 4.69) is 48.1 Å². The smallest absolute Gasteiger partial charge is 0.825 e. The van der Waals surface area contributed by atoms with Crippen LogP contribution in [0.4, 0.5) is 0 Å². The molecule has 0 heterocycles. The number of thiol groups is 2. The normalized spacial score (nSPS) is 9.83. The van der Waals surface area contributed by atoms with Crippen LogP contribution in [0.1, 0.15) is 0 Å². The summed E-state index contributed by atoms with van der Waals surface area (Å²) in [4.78, 5) is 37.4. The van der Waals surface area contributed by atoms with Gasteiger partial charge in [-0.3, -0.25) is 0 Å². The Balaban J connectivity index is -0.0000000457. The molecular formula is H4MoO4P2S5. The van der Waals surface area contributed by atoms with Gasteiger partial charge >= 0.3 is 21.1 Å². The molecule has 0 N–H and O–H groups in total. The molecule has 12 heteroatoms. The van der Waals surface area contributed by atoms with Crippen LogP contribution in [-0.4, -0.2) is 0 Å². The molecule has 12 heavy (non-hydrogen) atoms. The van der Waals surface area contributed by atoms with E-state index in [1.54, 1.807) is 0 Å². The van der Waals surface area contributed by atoms with Gasteiger partial charge in [-0.25, -0.2) is 0 Å². The summed E-state index contributed by atoms with van der Waals surface area (Å²) in [5.41, 5.74) is -7.22. The molecule has 0 aliphatic carbocycles. The van der Waals surface area contributed by atoms with Gasteiger partial charge in [0.25, 0.3) is 0 Å². The van der Waals surface area contributed by atoms with Gasteiger partial charge in [-0.05, 0) is 0 Å². The summed E-state index contributed by atoms with van der Waals surface area (Å²) >= 11 is 13.3. The third-order valence-corrected chi connectivity index (χ3v) is 0. The Morgan fingerprint density at radius 3 is 0.833 bits per heavy atom. The zero-order valence-electron chi connectivity index (χ0n) is 5.15. The Labute approximate surface area is 113 Å². The van der Waals surface area contributed by atoms with E-state index < -0.39 is 11.4 Å². The Hall–Kier alpha value is 2.88. The maximum atomic E-state index is 9.34. The molecule has 0 aromatic rings. The van der Waals surface area contributed by atoms with Gasteiger partial charge in [0.05, 0.1) is 0 Å². The van der Waals surface area contributed by atoms with Crippen LogP contribution >= 0.6 is 49.4 Å². The van der Waals surface area contributed by atoms with E-state index in [1.165, 1.54) is 0 Å². The van der Waals surface area contributed by atoms with E-state index in [4.69, 9.17) is 0 Å². The molecule has 0 unspecified atom stereocenters. The molecule has 0 rings (SSSR count). The van der Waals surface area contributed by atoms with Crippen LogP contribution in [0.2, 0.25) is 0 Å². The average Bonchev–Trinajstić information content (AvgIpc) is 1.12. The van der Waals surface area contributed by atoms with Crippen molar-refractivity contribution in [3.63, 3.8) is 0 Å². The second kappa shape index (κ2) is 10.4. The second-order valence-corrected chi connectivity index (χ2v) is 10.5. The summed E-state index contributed by atoms with van der Waals surface area (Å²) in [7, 11) is 0. The van der Waals surface area contributed by atoms with Crippen molar-refractivity contribution in [3.8, 4) is 0 Å². The first-order valence-corrected chi connectivity index (χ1v) is 9.08. The fourth-order valence-corrected chi connectivity index (χ4v) is 0. The van der Waals surface area contributed by atoms with Crippen molar-refractivity contribution in [2.24, 2.45) is 0 Å². The van der Waals surface area contributed by atoms with E-state index in [1.807, 2.05) is 0 Å². The maximum Gasteiger partial charge on any atom is 4.00 e. The first-order chi connectivity index (χ1) is 4.00. The second-order valence-electron chi connectivity index (χ2n) is 0.937. The topological polar surface area (TPSA) is 92.2 Å². The molecule has 0 fully saturated rings. The van der Waals surface area contributed by atoms with Gasteiger partial charge in [0, 0.05) is 0 Å². The minimum atomic E-state index is -3.61. The van der Waals surface area contributed by atoms with Gasteiger partial charge in [-0.1, -0.05) is 0 Å². The quantitative estimate of drug-likeness (QED) is 0.280. The van der Waals surface area contributed by atoms with Gasteiger partial charge in [-0.15, -0.1) is 23.6 Å². The van der Waals surface area contributed by atoms with Gasteiger partial charge in [-0.2, -0.15) is 49.4 Å². The van der Waals surface area contributed by atoms with Gasteiger partial charge in [0.1, 0.15) is 0 Å². The van der Waals surface area contributed by atoms with Crippen LogP contribution in [0.3, 0.4) is 0 Å². The largest absolute Gasteiger partial charge is 4.00 e. The summed E-state index contributed by atoms with van der Waals surface area (Å²) in [6, 6.07) is 0. The monoisotopic (exact) mass is 388 g/mol. The molecule has 0 saturated heterocycles. The van der Waals surface area contributed by atoms with E-state index in [9.17, 15) is 19.6 Å². The summed E-state index contributed by atoms with van der Waals surface area (Å²) in [6.45, 7) is 0. The van der Waals surface area contributed by atoms with Crippen LogP contribution < -0.4 is 19.6 Å². The Morgan fingerprint density at radius 1 is 0.833 bits per heavy atom. The van der Waals surface area contributed by atoms with Crippen LogP contribution in [0.5, 0.6) is 0 Å². The molecule has 0 aromatic heterocycles. The van der Waals surface area contributed by atoms with E-state index >= 15 is 0 Å². The molecule has 0 atom stereocenters. The molecule has 0 bridgehead atoms. The Morgan fingerprint density at radius 2 is 0.833 bits per heavy atom. The number of rotatable bonds is 0. The first-order valence-electron chi connectivity index (χ1n) is 1.50. The van der Waals surface area contributed by atoms with Crippen LogP contribution in [0.25, 0.3) is 0 Å². The maximum absolute atomic E-state index is 9.34. The molecule has 0 radical (unpaired) electrons. The molecule has 0 spiro atoms. The predicted molar refractivity (Wildman–Crippen MR) is 56.9 cm³/mol. The average molecular weight is 386 g/mol. The summed E-state index contributed by atoms with van der Waals surface area (Å²) in [5, 5.41) is 0. The summed E-state index contributed by atoms with van der Waals surface area (Å²) < 4.78 is 0. The minimum absolute atomic E-state index is 0. The van der Waals surface area contributed by atoms with Crippen molar-refractivity contribution >= 4 is 73.0 Å². The Kier molecular flexibility index (Phi) is 21.0. The molecule has 0 aliphatic heterocycles. The number of hydrogen-bond donors (Lipinski definition) is 2. The summed E-state index contributed by atoms with van der Waals surface area (Å²) in [6.07, 6.45) is 0. The van der Waals surface area contributed by atoms with Gasteiger partial charge in [0.15, 0.2) is 0 Å². The van der Waals surface area contributed by atoms with E-state index in [-0.39, 0.29) is 34.6 Å². The van der Waals surface area contributed by atoms with Crippen molar-refractivity contribution in [2.45, 2.75) is 0 Å². The SMILES string of the molecule is S.[Mo+4].[O-]P([O-])(=S)S.[O-]P([O-])(=S)S. The molecule has 74 valence electrons. The van der Waals surface area contributed by atoms with Crippen LogP contribution in [0, 0.1) is 0 Å². The third-order valence-electron chi connectivity index (χ3n) is 0. The molecule has 0 amide bonds. The molecule has 0 aromatic carbocycles. The van der Waals surface area contributed by atoms with Crippen molar-refractivity contribution in [3.05, 3.63) is 0 Å². The van der Waals surface area contributed by atoms with E-state index in [0.717, 1.165) is 0 Å². The standard InChI is InChI=1S/Mo.2H3O2PS2.H2S/c;2*1-3(2,4)5;/h;2*(H3,1,2,4,5);1H2/q+4;;;/p-4. The predicted octanol–water partition coefficient (Wildman–Crippen LogP) is -2.17. The molecule has 4 nitrogen and oxygen atoms in total. The zero-order valence-corrected chi connectivity index (χ0v) is 13.4. The van der Waals surface area contributed by atoms with Crippen molar-refractivity contribution in [1.82, 2.24) is 0 Å². The van der Waals surface area contributed by atoms with E-state index in [0.29, 0.717) is 0 Å². The minimum Gasteiger partial charge on any atom is -0.825 e. The van der Waals surface area contributed by atoms with Gasteiger partial charge < -0.3 is 19.6 Å². The van der Waals surface area contributed by atoms with Crippen molar-refractivity contribution in [1.29, 1.82) is 0 Å². The molecule has 0 aliphatic rings. The van der Waals surface area contributed by atoms with Crippen molar-refractivity contribution < 1.29 is 40.6 Å². The Bertz CT molecular complexity index is 134. The number of hydrogen-bond acceptors (Lipinski definition) is 6. The van der Waals surface area contributed by atoms with Crippen molar-refractivity contribution in [2.75, 3.05) is 0 Å². The zero-order chi connectivity index (χ0) is 9.00.